The van der Waals surface area contributed by atoms with Gasteiger partial charge in [0.2, 0.25) is 0 Å². The second kappa shape index (κ2) is 9.26. The number of aromatic nitrogens is 1. The summed E-state index contributed by atoms with van der Waals surface area (Å²) in [6, 6.07) is 11.4. The molecule has 1 saturated heterocycles. The van der Waals surface area contributed by atoms with E-state index in [1.807, 2.05) is 30.3 Å². The van der Waals surface area contributed by atoms with Crippen molar-refractivity contribution in [2.24, 2.45) is 0 Å². The van der Waals surface area contributed by atoms with E-state index in [0.717, 1.165) is 22.4 Å². The molecule has 2 heterocycles. The Hall–Kier alpha value is -3.26. The summed E-state index contributed by atoms with van der Waals surface area (Å²) < 4.78 is 16.2. The van der Waals surface area contributed by atoms with E-state index >= 15 is 0 Å². The predicted molar refractivity (Wildman–Crippen MR) is 115 cm³/mol. The number of aromatic hydroxyl groups is 1. The highest BCUT2D eigenvalue weighted by Crippen LogP contribution is 2.32. The molecule has 4 rings (SSSR count). The smallest absolute Gasteiger partial charge is 0.409 e. The van der Waals surface area contributed by atoms with Crippen molar-refractivity contribution in [2.45, 2.75) is 19.9 Å². The first kappa shape index (κ1) is 21.0. The molecule has 1 aliphatic rings. The van der Waals surface area contributed by atoms with Crippen LogP contribution in [0.1, 0.15) is 23.7 Å². The van der Waals surface area contributed by atoms with Gasteiger partial charge < -0.3 is 24.0 Å². The lowest BCUT2D eigenvalue weighted by atomic mass is 10.0. The number of benzene rings is 2. The van der Waals surface area contributed by atoms with Crippen LogP contribution in [0, 0.1) is 0 Å². The van der Waals surface area contributed by atoms with Crippen molar-refractivity contribution in [2.75, 3.05) is 39.9 Å². The summed E-state index contributed by atoms with van der Waals surface area (Å²) in [5.41, 5.74) is 3.12. The summed E-state index contributed by atoms with van der Waals surface area (Å²) in [4.78, 5) is 15.8. The van der Waals surface area contributed by atoms with E-state index in [4.69, 9.17) is 14.0 Å². The van der Waals surface area contributed by atoms with Gasteiger partial charge in [-0.05, 0) is 25.1 Å². The number of piperazine rings is 1. The third-order valence-electron chi connectivity index (χ3n) is 5.62. The molecule has 3 aromatic rings. The third kappa shape index (κ3) is 4.44. The van der Waals surface area contributed by atoms with Gasteiger partial charge in [-0.1, -0.05) is 23.4 Å². The number of rotatable bonds is 6. The van der Waals surface area contributed by atoms with Crippen LogP contribution in [-0.2, 0) is 17.7 Å². The highest BCUT2D eigenvalue weighted by Gasteiger charge is 2.24. The van der Waals surface area contributed by atoms with Gasteiger partial charge in [-0.2, -0.15) is 0 Å². The van der Waals surface area contributed by atoms with Crippen LogP contribution in [0.3, 0.4) is 0 Å². The average molecular weight is 425 g/mol. The molecule has 1 amide bonds. The third-order valence-corrected chi connectivity index (χ3v) is 5.62. The SMILES string of the molecule is CCOC(=O)N1CCN(Cc2c(O)ccc3c(Cc4ccccc4OC)noc23)CC1. The van der Waals surface area contributed by atoms with E-state index in [0.29, 0.717) is 56.9 Å². The minimum atomic E-state index is -0.275. The molecule has 1 N–H and O–H groups in total. The van der Waals surface area contributed by atoms with Crippen molar-refractivity contribution in [1.82, 2.24) is 15.0 Å². The van der Waals surface area contributed by atoms with Gasteiger partial charge in [-0.15, -0.1) is 0 Å². The first-order valence-corrected chi connectivity index (χ1v) is 10.5. The second-order valence-corrected chi connectivity index (χ2v) is 7.52. The normalized spacial score (nSPS) is 14.7. The molecule has 31 heavy (non-hydrogen) atoms. The maximum absolute atomic E-state index is 11.9. The van der Waals surface area contributed by atoms with Gasteiger partial charge in [-0.3, -0.25) is 4.90 Å². The number of hydrogen-bond donors (Lipinski definition) is 1. The van der Waals surface area contributed by atoms with Crippen molar-refractivity contribution >= 4 is 17.1 Å². The zero-order valence-corrected chi connectivity index (χ0v) is 17.8. The molecular formula is C23H27N3O5. The zero-order chi connectivity index (χ0) is 21.8. The number of phenolic OH excluding ortho intramolecular Hbond substituents is 1. The number of ether oxygens (including phenoxy) is 2. The molecule has 1 fully saturated rings. The van der Waals surface area contributed by atoms with Gasteiger partial charge in [0, 0.05) is 50.1 Å². The van der Waals surface area contributed by atoms with E-state index in [2.05, 4.69) is 10.1 Å². The molecule has 2 aromatic carbocycles. The maximum Gasteiger partial charge on any atom is 0.409 e. The molecule has 1 aliphatic heterocycles. The quantitative estimate of drug-likeness (QED) is 0.647. The Labute approximate surface area is 180 Å². The first-order valence-electron chi connectivity index (χ1n) is 10.5. The largest absolute Gasteiger partial charge is 0.507 e. The molecule has 0 atom stereocenters. The number of nitrogens with zero attached hydrogens (tertiary/aromatic N) is 3. The number of amides is 1. The van der Waals surface area contributed by atoms with E-state index in [1.165, 1.54) is 0 Å². The molecule has 0 bridgehead atoms. The fraction of sp³-hybridized carbons (Fsp3) is 0.391. The van der Waals surface area contributed by atoms with Crippen LogP contribution in [0.25, 0.3) is 11.0 Å². The van der Waals surface area contributed by atoms with Crippen molar-refractivity contribution < 1.29 is 23.9 Å². The average Bonchev–Trinajstić information content (AvgIpc) is 3.19. The van der Waals surface area contributed by atoms with Gasteiger partial charge in [0.15, 0.2) is 5.58 Å². The summed E-state index contributed by atoms with van der Waals surface area (Å²) in [6.07, 6.45) is 0.294. The monoisotopic (exact) mass is 425 g/mol. The van der Waals surface area contributed by atoms with Crippen LogP contribution in [0.5, 0.6) is 11.5 Å². The summed E-state index contributed by atoms with van der Waals surface area (Å²) >= 11 is 0. The van der Waals surface area contributed by atoms with Gasteiger partial charge >= 0.3 is 6.09 Å². The van der Waals surface area contributed by atoms with E-state index in [-0.39, 0.29) is 11.8 Å². The zero-order valence-electron chi connectivity index (χ0n) is 17.8. The van der Waals surface area contributed by atoms with Gasteiger partial charge in [0.05, 0.1) is 25.0 Å². The van der Waals surface area contributed by atoms with Crippen LogP contribution >= 0.6 is 0 Å². The highest BCUT2D eigenvalue weighted by molar-refractivity contribution is 5.84. The Bertz CT molecular complexity index is 1060. The fourth-order valence-corrected chi connectivity index (χ4v) is 3.94. The topological polar surface area (TPSA) is 88.3 Å². The highest BCUT2D eigenvalue weighted by atomic mass is 16.6. The lowest BCUT2D eigenvalue weighted by molar-refractivity contribution is 0.0776. The minimum Gasteiger partial charge on any atom is -0.507 e. The van der Waals surface area contributed by atoms with E-state index in [9.17, 15) is 9.90 Å². The molecular weight excluding hydrogens is 398 g/mol. The fourth-order valence-electron chi connectivity index (χ4n) is 3.94. The number of para-hydroxylation sites is 1. The molecule has 0 spiro atoms. The van der Waals surface area contributed by atoms with Crippen LogP contribution in [0.2, 0.25) is 0 Å². The number of phenols is 1. The van der Waals surface area contributed by atoms with Crippen LogP contribution < -0.4 is 4.74 Å². The molecule has 0 saturated carbocycles. The maximum atomic E-state index is 11.9. The number of carbonyl (C=O) groups excluding carboxylic acids is 1. The van der Waals surface area contributed by atoms with Crippen molar-refractivity contribution in [1.29, 1.82) is 0 Å². The molecule has 1 aromatic heterocycles. The molecule has 0 radical (unpaired) electrons. The molecule has 0 aliphatic carbocycles. The molecule has 0 unspecified atom stereocenters. The Morgan fingerprint density at radius 3 is 2.68 bits per heavy atom. The van der Waals surface area contributed by atoms with E-state index < -0.39 is 0 Å². The van der Waals surface area contributed by atoms with Crippen molar-refractivity contribution in [3.05, 3.63) is 53.2 Å². The van der Waals surface area contributed by atoms with Gasteiger partial charge in [0.1, 0.15) is 11.5 Å². The van der Waals surface area contributed by atoms with Gasteiger partial charge in [-0.25, -0.2) is 4.79 Å². The Kier molecular flexibility index (Phi) is 6.27. The number of methoxy groups -OCH3 is 1. The molecule has 8 heteroatoms. The number of fused-ring (bicyclic) bond motifs is 1. The predicted octanol–water partition coefficient (Wildman–Crippen LogP) is 3.41. The molecule has 8 nitrogen and oxygen atoms in total. The summed E-state index contributed by atoms with van der Waals surface area (Å²) in [5, 5.41) is 15.7. The minimum absolute atomic E-state index is 0.181. The second-order valence-electron chi connectivity index (χ2n) is 7.52. The Morgan fingerprint density at radius 2 is 1.94 bits per heavy atom. The number of carbonyl (C=O) groups is 1. The lowest BCUT2D eigenvalue weighted by Gasteiger charge is -2.34. The lowest BCUT2D eigenvalue weighted by Crippen LogP contribution is -2.48. The van der Waals surface area contributed by atoms with Crippen LogP contribution in [0.4, 0.5) is 4.79 Å². The summed E-state index contributed by atoms with van der Waals surface area (Å²) in [7, 11) is 1.65. The van der Waals surface area contributed by atoms with Crippen molar-refractivity contribution in [3.8, 4) is 11.5 Å². The Morgan fingerprint density at radius 1 is 1.16 bits per heavy atom. The van der Waals surface area contributed by atoms with Crippen LogP contribution in [-0.4, -0.2) is 66.1 Å². The van der Waals surface area contributed by atoms with Crippen molar-refractivity contribution in [3.63, 3.8) is 0 Å². The summed E-state index contributed by atoms with van der Waals surface area (Å²) in [6.45, 7) is 5.25. The Balaban J connectivity index is 1.52. The van der Waals surface area contributed by atoms with E-state index in [1.54, 1.807) is 25.0 Å². The van der Waals surface area contributed by atoms with Crippen LogP contribution in [0.15, 0.2) is 40.9 Å². The standard InChI is InChI=1S/C23H27N3O5/c1-3-30-23(28)26-12-10-25(11-13-26)15-18-20(27)9-8-17-19(24-31-22(17)18)14-16-6-4-5-7-21(16)29-2/h4-9,27H,3,10-15H2,1-2H3. The number of hydrogen-bond acceptors (Lipinski definition) is 7. The molecule has 164 valence electrons. The van der Waals surface area contributed by atoms with Gasteiger partial charge in [0.25, 0.3) is 0 Å². The first-order chi connectivity index (χ1) is 15.1. The summed E-state index contributed by atoms with van der Waals surface area (Å²) in [5.74, 6) is 0.984.